The topological polar surface area (TPSA) is 103 Å². The zero-order valence-corrected chi connectivity index (χ0v) is 14.4. The van der Waals surface area contributed by atoms with Crippen LogP contribution >= 0.6 is 0 Å². The van der Waals surface area contributed by atoms with E-state index < -0.39 is 45.5 Å². The van der Waals surface area contributed by atoms with Crippen molar-refractivity contribution in [1.82, 2.24) is 15.2 Å². The highest BCUT2D eigenvalue weighted by Gasteiger charge is 2.17. The van der Waals surface area contributed by atoms with Gasteiger partial charge in [0.25, 0.3) is 5.91 Å². The fraction of sp³-hybridized carbons (Fsp3) is 0.133. The Morgan fingerprint density at radius 1 is 1.19 bits per heavy atom. The summed E-state index contributed by atoms with van der Waals surface area (Å²) in [5.41, 5.74) is -0.0653. The third kappa shape index (κ3) is 3.84. The zero-order valence-electron chi connectivity index (χ0n) is 13.6. The van der Waals surface area contributed by atoms with Gasteiger partial charge in [-0.1, -0.05) is 4.85 Å². The number of anilines is 1. The van der Waals surface area contributed by atoms with Crippen molar-refractivity contribution in [2.24, 2.45) is 0 Å². The Morgan fingerprint density at radius 2 is 1.93 bits per heavy atom. The van der Waals surface area contributed by atoms with E-state index in [1.807, 2.05) is 5.32 Å². The number of nitrogens with zero attached hydrogens (tertiary/aromatic N) is 3. The Bertz CT molecular complexity index is 1150. The predicted molar refractivity (Wildman–Crippen MR) is 87.0 cm³/mol. The average molecular weight is 400 g/mol. The monoisotopic (exact) mass is 400 g/mol. The van der Waals surface area contributed by atoms with E-state index in [2.05, 4.69) is 10.3 Å². The first-order chi connectivity index (χ1) is 12.7. The van der Waals surface area contributed by atoms with Crippen LogP contribution in [-0.2, 0) is 14.6 Å². The van der Waals surface area contributed by atoms with Crippen LogP contribution in [0, 0.1) is 17.5 Å². The summed E-state index contributed by atoms with van der Waals surface area (Å²) in [6.07, 6.45) is 1.02. The van der Waals surface area contributed by atoms with Gasteiger partial charge in [-0.15, -0.1) is 5.10 Å². The SMILES string of the molecule is CS(=O)(=O)c1ccc2nnn(OCC(=O)Nc3ccc(F)c(F)c3F)c2c1. The van der Waals surface area contributed by atoms with Gasteiger partial charge in [-0.05, 0) is 35.5 Å². The van der Waals surface area contributed by atoms with Crippen LogP contribution < -0.4 is 10.2 Å². The average Bonchev–Trinajstić information content (AvgIpc) is 3.02. The second-order valence-electron chi connectivity index (χ2n) is 5.43. The Hall–Kier alpha value is -3.15. The molecule has 27 heavy (non-hydrogen) atoms. The van der Waals surface area contributed by atoms with Crippen LogP contribution in [0.4, 0.5) is 18.9 Å². The maximum absolute atomic E-state index is 13.5. The number of carbonyl (C=O) groups is 1. The summed E-state index contributed by atoms with van der Waals surface area (Å²) < 4.78 is 62.8. The van der Waals surface area contributed by atoms with Crippen molar-refractivity contribution in [2.45, 2.75) is 4.90 Å². The van der Waals surface area contributed by atoms with Crippen LogP contribution in [0.25, 0.3) is 11.0 Å². The van der Waals surface area contributed by atoms with Crippen LogP contribution in [-0.4, -0.2) is 42.3 Å². The van der Waals surface area contributed by atoms with E-state index in [0.29, 0.717) is 11.6 Å². The minimum absolute atomic E-state index is 0.00420. The van der Waals surface area contributed by atoms with Crippen molar-refractivity contribution in [1.29, 1.82) is 0 Å². The highest BCUT2D eigenvalue weighted by molar-refractivity contribution is 7.90. The van der Waals surface area contributed by atoms with Gasteiger partial charge in [-0.3, -0.25) is 4.79 Å². The minimum atomic E-state index is -3.48. The summed E-state index contributed by atoms with van der Waals surface area (Å²) in [5, 5.41) is 9.40. The summed E-state index contributed by atoms with van der Waals surface area (Å²) in [6, 6.07) is 5.53. The van der Waals surface area contributed by atoms with E-state index in [1.54, 1.807) is 0 Å². The summed E-state index contributed by atoms with van der Waals surface area (Å²) in [5.74, 6) is -5.54. The van der Waals surface area contributed by atoms with Gasteiger partial charge in [0.05, 0.1) is 10.6 Å². The quantitative estimate of drug-likeness (QED) is 0.648. The molecule has 0 atom stereocenters. The molecule has 0 radical (unpaired) electrons. The first-order valence-corrected chi connectivity index (χ1v) is 9.18. The maximum Gasteiger partial charge on any atom is 0.265 e. The van der Waals surface area contributed by atoms with Crippen LogP contribution in [0.3, 0.4) is 0 Å². The number of carbonyl (C=O) groups excluding carboxylic acids is 1. The van der Waals surface area contributed by atoms with Crippen molar-refractivity contribution in [3.63, 3.8) is 0 Å². The number of halogens is 3. The van der Waals surface area contributed by atoms with E-state index in [4.69, 9.17) is 4.84 Å². The Labute approximate surface area is 150 Å². The minimum Gasteiger partial charge on any atom is -0.385 e. The van der Waals surface area contributed by atoms with Gasteiger partial charge >= 0.3 is 0 Å². The van der Waals surface area contributed by atoms with Crippen LogP contribution in [0.15, 0.2) is 35.2 Å². The number of hydrogen-bond donors (Lipinski definition) is 1. The van der Waals surface area contributed by atoms with E-state index in [0.717, 1.165) is 17.2 Å². The third-order valence-electron chi connectivity index (χ3n) is 3.44. The van der Waals surface area contributed by atoms with E-state index in [9.17, 15) is 26.4 Å². The van der Waals surface area contributed by atoms with Crippen molar-refractivity contribution in [3.05, 3.63) is 47.8 Å². The van der Waals surface area contributed by atoms with Gasteiger partial charge in [0.1, 0.15) is 11.0 Å². The van der Waals surface area contributed by atoms with Gasteiger partial charge < -0.3 is 10.2 Å². The number of sulfone groups is 1. The Balaban J connectivity index is 1.75. The summed E-state index contributed by atoms with van der Waals surface area (Å²) >= 11 is 0. The third-order valence-corrected chi connectivity index (χ3v) is 4.55. The summed E-state index contributed by atoms with van der Waals surface area (Å²) in [6.45, 7) is -0.681. The van der Waals surface area contributed by atoms with Crippen LogP contribution in [0.5, 0.6) is 0 Å². The second-order valence-corrected chi connectivity index (χ2v) is 7.45. The molecule has 3 aromatic rings. The molecular weight excluding hydrogens is 389 g/mol. The van der Waals surface area contributed by atoms with Gasteiger partial charge in [0, 0.05) is 6.26 Å². The highest BCUT2D eigenvalue weighted by Crippen LogP contribution is 2.19. The van der Waals surface area contributed by atoms with Crippen LogP contribution in [0.1, 0.15) is 0 Å². The van der Waals surface area contributed by atoms with E-state index in [1.165, 1.54) is 18.2 Å². The lowest BCUT2D eigenvalue weighted by molar-refractivity contribution is -0.121. The van der Waals surface area contributed by atoms with Gasteiger partial charge in [-0.25, -0.2) is 21.6 Å². The van der Waals surface area contributed by atoms with Crippen molar-refractivity contribution < 1.29 is 31.2 Å². The molecule has 0 bridgehead atoms. The number of fused-ring (bicyclic) bond motifs is 1. The Kier molecular flexibility index (Phi) is 4.74. The summed E-state index contributed by atoms with van der Waals surface area (Å²) in [7, 11) is -3.48. The molecule has 0 aliphatic rings. The molecule has 12 heteroatoms. The Morgan fingerprint density at radius 3 is 2.63 bits per heavy atom. The molecule has 2 aromatic carbocycles. The molecule has 0 spiro atoms. The smallest absolute Gasteiger partial charge is 0.265 e. The molecule has 0 saturated carbocycles. The maximum atomic E-state index is 13.5. The molecule has 0 aliphatic heterocycles. The van der Waals surface area contributed by atoms with Crippen molar-refractivity contribution in [3.8, 4) is 0 Å². The summed E-state index contributed by atoms with van der Waals surface area (Å²) in [4.78, 5) is 17.8. The predicted octanol–water partition coefficient (Wildman–Crippen LogP) is 1.32. The fourth-order valence-electron chi connectivity index (χ4n) is 2.13. The molecule has 0 unspecified atom stereocenters. The number of rotatable bonds is 5. The fourth-order valence-corrected chi connectivity index (χ4v) is 2.77. The number of amides is 1. The van der Waals surface area contributed by atoms with E-state index >= 15 is 0 Å². The lowest BCUT2D eigenvalue weighted by Crippen LogP contribution is -2.26. The van der Waals surface area contributed by atoms with Gasteiger partial charge in [0.15, 0.2) is 33.9 Å². The zero-order chi connectivity index (χ0) is 19.8. The standard InChI is InChI=1S/C15H11F3N4O4S/c1-27(24,25)8-2-4-10-12(6-8)22(21-20-10)26-7-13(23)19-11-5-3-9(16)14(17)15(11)18/h2-6H,7H2,1H3,(H,19,23). The number of aromatic nitrogens is 3. The molecular formula is C15H11F3N4O4S. The molecule has 142 valence electrons. The molecule has 8 nitrogen and oxygen atoms in total. The molecule has 1 aromatic heterocycles. The largest absolute Gasteiger partial charge is 0.385 e. The molecule has 0 fully saturated rings. The van der Waals surface area contributed by atoms with Crippen LogP contribution in [0.2, 0.25) is 0 Å². The second kappa shape index (κ2) is 6.87. The van der Waals surface area contributed by atoms with Crippen molar-refractivity contribution >= 4 is 32.5 Å². The number of nitrogens with one attached hydrogen (secondary N) is 1. The van der Waals surface area contributed by atoms with Crippen molar-refractivity contribution in [2.75, 3.05) is 18.2 Å². The first kappa shape index (κ1) is 18.6. The molecule has 1 amide bonds. The first-order valence-electron chi connectivity index (χ1n) is 7.29. The lowest BCUT2D eigenvalue weighted by Gasteiger charge is -2.08. The van der Waals surface area contributed by atoms with E-state index in [-0.39, 0.29) is 10.4 Å². The molecule has 1 heterocycles. The lowest BCUT2D eigenvalue weighted by atomic mass is 10.3. The normalized spacial score (nSPS) is 11.6. The van der Waals surface area contributed by atoms with Gasteiger partial charge in [0.2, 0.25) is 0 Å². The number of benzene rings is 2. The van der Waals surface area contributed by atoms with Gasteiger partial charge in [-0.2, -0.15) is 0 Å². The molecule has 1 N–H and O–H groups in total. The highest BCUT2D eigenvalue weighted by atomic mass is 32.2. The molecule has 3 rings (SSSR count). The number of hydrogen-bond acceptors (Lipinski definition) is 6. The molecule has 0 saturated heterocycles. The molecule has 0 aliphatic carbocycles.